The lowest BCUT2D eigenvalue weighted by Crippen LogP contribution is -2.42. The molecule has 0 atom stereocenters. The molecule has 2 aromatic rings. The molecule has 214 valence electrons. The normalized spacial score (nSPS) is 16.3. The first-order valence-corrected chi connectivity index (χ1v) is 15.3. The summed E-state index contributed by atoms with van der Waals surface area (Å²) in [7, 11) is 5.57. The number of fused-ring (bicyclic) bond motifs is 2. The first kappa shape index (κ1) is 33.2. The number of benzene rings is 2. The molecule has 4 rings (SSSR count). The van der Waals surface area contributed by atoms with E-state index in [0.29, 0.717) is 20.9 Å². The lowest BCUT2D eigenvalue weighted by atomic mass is 10.1. The molecule has 0 aromatic heterocycles. The van der Waals surface area contributed by atoms with Gasteiger partial charge in [0, 0.05) is 38.2 Å². The number of hydrogen-bond donors (Lipinski definition) is 2. The van der Waals surface area contributed by atoms with E-state index in [-0.39, 0.29) is 41.3 Å². The van der Waals surface area contributed by atoms with Gasteiger partial charge < -0.3 is 18.9 Å². The van der Waals surface area contributed by atoms with Crippen LogP contribution in [0.3, 0.4) is 0 Å². The van der Waals surface area contributed by atoms with E-state index >= 15 is 0 Å². The third-order valence-electron chi connectivity index (χ3n) is 5.87. The summed E-state index contributed by atoms with van der Waals surface area (Å²) in [4.78, 5) is 25.4. The van der Waals surface area contributed by atoms with Gasteiger partial charge in [0.1, 0.15) is 0 Å². The van der Waals surface area contributed by atoms with Crippen molar-refractivity contribution in [2.24, 2.45) is 0 Å². The Bertz CT molecular complexity index is 1340. The largest absolute Gasteiger partial charge is 0.332 e. The van der Waals surface area contributed by atoms with E-state index in [0.717, 1.165) is 5.75 Å². The molecule has 8 nitrogen and oxygen atoms in total. The highest BCUT2D eigenvalue weighted by atomic mass is 35.5. The maximum atomic E-state index is 12.2. The molecule has 0 spiro atoms. The van der Waals surface area contributed by atoms with Crippen molar-refractivity contribution in [2.75, 3.05) is 40.4 Å². The van der Waals surface area contributed by atoms with E-state index in [2.05, 4.69) is 10.6 Å². The van der Waals surface area contributed by atoms with Gasteiger partial charge in [-0.3, -0.25) is 20.2 Å². The smallest absolute Gasteiger partial charge is 0.282 e. The Morgan fingerprint density at radius 1 is 0.641 bits per heavy atom. The molecule has 0 saturated carbocycles. The molecule has 0 unspecified atom stereocenters. The summed E-state index contributed by atoms with van der Waals surface area (Å²) in [6.07, 6.45) is 1.79. The van der Waals surface area contributed by atoms with Crippen molar-refractivity contribution in [3.63, 3.8) is 0 Å². The van der Waals surface area contributed by atoms with Crippen LogP contribution in [0.2, 0.25) is 30.1 Å². The Kier molecular flexibility index (Phi) is 11.0. The number of ether oxygens (including phenoxy) is 4. The minimum absolute atomic E-state index is 0.187. The molecule has 2 heterocycles. The van der Waals surface area contributed by atoms with E-state index in [1.165, 1.54) is 52.0 Å². The highest BCUT2D eigenvalue weighted by Gasteiger charge is 2.50. The number of hydrogen-bond acceptors (Lipinski definition) is 8. The lowest BCUT2D eigenvalue weighted by molar-refractivity contribution is -0.225. The summed E-state index contributed by atoms with van der Waals surface area (Å²) in [6, 6.07) is 0. The molecule has 0 bridgehead atoms. The number of amides is 2. The molecule has 0 radical (unpaired) electrons. The van der Waals surface area contributed by atoms with Crippen molar-refractivity contribution in [3.8, 4) is 0 Å². The molecule has 2 amide bonds. The molecule has 16 heteroatoms. The molecular weight excluding hydrogens is 677 g/mol. The second-order valence-corrected chi connectivity index (χ2v) is 12.0. The van der Waals surface area contributed by atoms with Gasteiger partial charge in [-0.25, -0.2) is 0 Å². The van der Waals surface area contributed by atoms with E-state index in [1.54, 1.807) is 6.26 Å². The number of nitrogens with one attached hydrogen (secondary N) is 2. The van der Waals surface area contributed by atoms with Crippen LogP contribution in [-0.4, -0.2) is 52.3 Å². The molecule has 2 N–H and O–H groups in total. The molecule has 39 heavy (non-hydrogen) atoms. The minimum Gasteiger partial charge on any atom is -0.332 e. The van der Waals surface area contributed by atoms with Crippen LogP contribution >= 0.6 is 93.1 Å². The van der Waals surface area contributed by atoms with Crippen molar-refractivity contribution >= 4 is 105 Å². The standard InChI is InChI=1S/C12H12Cl3NO3S.C11H10Cl3NO3S/c1-4-20-10-7(13)5-6(8(14)9(10)15)12(18-2,19-3)16-11(5)17;1-17-11(18-2)5-4(10(16)15-11)6(12)9(19-3)8(14)7(5)13/h4H2,1-3H3,(H,16,17);1-3H3,(H,15,16). The Hall–Kier alpha value is -0.340. The monoisotopic (exact) mass is 696 g/mol. The van der Waals surface area contributed by atoms with E-state index in [9.17, 15) is 9.59 Å². The minimum atomic E-state index is -1.47. The number of thioether (sulfide) groups is 2. The Morgan fingerprint density at radius 3 is 1.33 bits per heavy atom. The number of carbonyl (C=O) groups is 2. The number of rotatable bonds is 7. The molecule has 0 aliphatic carbocycles. The van der Waals surface area contributed by atoms with Crippen LogP contribution in [0, 0.1) is 0 Å². The molecule has 0 fully saturated rings. The molecule has 0 saturated heterocycles. The van der Waals surface area contributed by atoms with Gasteiger partial charge >= 0.3 is 0 Å². The molecule has 2 aliphatic heterocycles. The maximum Gasteiger partial charge on any atom is 0.282 e. The van der Waals surface area contributed by atoms with Gasteiger partial charge in [0.25, 0.3) is 23.6 Å². The quantitative estimate of drug-likeness (QED) is 0.175. The number of methoxy groups -OCH3 is 4. The van der Waals surface area contributed by atoms with Crippen molar-refractivity contribution in [3.05, 3.63) is 52.4 Å². The van der Waals surface area contributed by atoms with E-state index in [4.69, 9.17) is 88.6 Å². The van der Waals surface area contributed by atoms with Gasteiger partial charge in [-0.1, -0.05) is 76.5 Å². The fourth-order valence-electron chi connectivity index (χ4n) is 4.10. The van der Waals surface area contributed by atoms with Crippen LogP contribution in [0.15, 0.2) is 9.79 Å². The highest BCUT2D eigenvalue weighted by Crippen LogP contribution is 2.50. The summed E-state index contributed by atoms with van der Waals surface area (Å²) < 4.78 is 21.0. The van der Waals surface area contributed by atoms with Crippen LogP contribution in [-0.2, 0) is 30.8 Å². The van der Waals surface area contributed by atoms with Gasteiger partial charge in [0.05, 0.1) is 52.4 Å². The Labute approximate surface area is 263 Å². The van der Waals surface area contributed by atoms with Crippen molar-refractivity contribution in [1.29, 1.82) is 0 Å². The molecule has 2 aliphatic rings. The summed E-state index contributed by atoms with van der Waals surface area (Å²) >= 11 is 40.3. The first-order chi connectivity index (χ1) is 18.4. The SMILES string of the molecule is CCSc1c(Cl)c(Cl)c2c(c1Cl)C(=O)NC2(OC)OC.COC1(OC)NC(=O)c2c(Cl)c(SC)c(Cl)c(Cl)c21. The third kappa shape index (κ3) is 5.34. The number of carbonyl (C=O) groups excluding carboxylic acids is 2. The predicted octanol–water partition coefficient (Wildman–Crippen LogP) is 7.42. The summed E-state index contributed by atoms with van der Waals surface area (Å²) in [5, 5.41) is 6.61. The van der Waals surface area contributed by atoms with Crippen molar-refractivity contribution in [2.45, 2.75) is 28.5 Å². The predicted molar refractivity (Wildman–Crippen MR) is 157 cm³/mol. The van der Waals surface area contributed by atoms with Crippen molar-refractivity contribution < 1.29 is 28.5 Å². The van der Waals surface area contributed by atoms with Gasteiger partial charge in [-0.2, -0.15) is 0 Å². The third-order valence-corrected chi connectivity index (χ3v) is 10.6. The zero-order chi connectivity index (χ0) is 29.4. The van der Waals surface area contributed by atoms with Crippen molar-refractivity contribution in [1.82, 2.24) is 10.6 Å². The van der Waals surface area contributed by atoms with Crippen LogP contribution in [0.5, 0.6) is 0 Å². The maximum absolute atomic E-state index is 12.2. The second kappa shape index (κ2) is 12.9. The zero-order valence-corrected chi connectivity index (χ0v) is 27.4. The van der Waals surface area contributed by atoms with Gasteiger partial charge in [0.2, 0.25) is 0 Å². The summed E-state index contributed by atoms with van der Waals surface area (Å²) in [5.41, 5.74) is 1.08. The fraction of sp³-hybridized carbons (Fsp3) is 0.391. The zero-order valence-electron chi connectivity index (χ0n) is 21.2. The van der Waals surface area contributed by atoms with Crippen LogP contribution in [0.4, 0.5) is 0 Å². The first-order valence-electron chi connectivity index (χ1n) is 10.8. The van der Waals surface area contributed by atoms with E-state index < -0.39 is 23.6 Å². The Balaban J connectivity index is 0.000000216. The van der Waals surface area contributed by atoms with Gasteiger partial charge in [-0.05, 0) is 12.0 Å². The van der Waals surface area contributed by atoms with Crippen LogP contribution in [0.25, 0.3) is 0 Å². The topological polar surface area (TPSA) is 95.1 Å². The molecular formula is C23H22Cl6N2O6S2. The Morgan fingerprint density at radius 2 is 1.00 bits per heavy atom. The summed E-state index contributed by atoms with van der Waals surface area (Å²) in [5.74, 6) is -3.02. The van der Waals surface area contributed by atoms with Gasteiger partial charge in [0.15, 0.2) is 0 Å². The van der Waals surface area contributed by atoms with E-state index in [1.807, 2.05) is 6.92 Å². The van der Waals surface area contributed by atoms with Gasteiger partial charge in [-0.15, -0.1) is 23.5 Å². The van der Waals surface area contributed by atoms with Crippen LogP contribution < -0.4 is 10.6 Å². The molecule has 2 aromatic carbocycles. The average Bonchev–Trinajstić information content (AvgIpc) is 3.41. The highest BCUT2D eigenvalue weighted by molar-refractivity contribution is 7.99. The average molecular weight is 699 g/mol. The number of halogens is 6. The van der Waals surface area contributed by atoms with Crippen LogP contribution in [0.1, 0.15) is 38.8 Å². The second-order valence-electron chi connectivity index (χ2n) is 7.64. The fourth-order valence-corrected chi connectivity index (χ4v) is 7.96. The lowest BCUT2D eigenvalue weighted by Gasteiger charge is -2.27. The summed E-state index contributed by atoms with van der Waals surface area (Å²) in [6.45, 7) is 1.95.